The summed E-state index contributed by atoms with van der Waals surface area (Å²) in [6, 6.07) is 18.6. The number of rotatable bonds is 6. The third-order valence-electron chi connectivity index (χ3n) is 4.94. The molecule has 0 spiro atoms. The summed E-state index contributed by atoms with van der Waals surface area (Å²) >= 11 is 0. The lowest BCUT2D eigenvalue weighted by Gasteiger charge is -2.26. The lowest BCUT2D eigenvalue weighted by molar-refractivity contribution is 0.283. The molecule has 0 aliphatic carbocycles. The van der Waals surface area contributed by atoms with Crippen molar-refractivity contribution in [2.75, 3.05) is 13.7 Å². The molecule has 142 valence electrons. The highest BCUT2D eigenvalue weighted by molar-refractivity contribution is 5.54. The first-order valence-electron chi connectivity index (χ1n) is 9.52. The van der Waals surface area contributed by atoms with Crippen LogP contribution in [0.4, 0.5) is 0 Å². The van der Waals surface area contributed by atoms with Crippen LogP contribution in [0.25, 0.3) is 6.08 Å². The SMILES string of the molecule is COc1cc2c(cc1OCc1ccccc1)CCNC2/C=C/c1ccncc1. The molecule has 28 heavy (non-hydrogen) atoms. The molecule has 4 heteroatoms. The zero-order chi connectivity index (χ0) is 19.2. The van der Waals surface area contributed by atoms with Crippen LogP contribution in [0.2, 0.25) is 0 Å². The van der Waals surface area contributed by atoms with Gasteiger partial charge in [-0.15, -0.1) is 0 Å². The maximum atomic E-state index is 6.07. The van der Waals surface area contributed by atoms with Gasteiger partial charge in [-0.2, -0.15) is 0 Å². The quantitative estimate of drug-likeness (QED) is 0.688. The van der Waals surface area contributed by atoms with E-state index in [2.05, 4.69) is 46.7 Å². The number of aromatic nitrogens is 1. The van der Waals surface area contributed by atoms with Gasteiger partial charge in [0.1, 0.15) is 6.61 Å². The van der Waals surface area contributed by atoms with Crippen molar-refractivity contribution < 1.29 is 9.47 Å². The molecule has 2 heterocycles. The summed E-state index contributed by atoms with van der Waals surface area (Å²) in [5, 5.41) is 3.58. The maximum Gasteiger partial charge on any atom is 0.161 e. The Balaban J connectivity index is 1.57. The Labute approximate surface area is 165 Å². The fraction of sp³-hybridized carbons (Fsp3) is 0.208. The molecule has 3 aromatic rings. The van der Waals surface area contributed by atoms with Crippen LogP contribution < -0.4 is 14.8 Å². The summed E-state index contributed by atoms with van der Waals surface area (Å²) < 4.78 is 11.7. The Morgan fingerprint density at radius 3 is 2.68 bits per heavy atom. The van der Waals surface area contributed by atoms with Gasteiger partial charge >= 0.3 is 0 Å². The van der Waals surface area contributed by atoms with Gasteiger partial charge in [0.2, 0.25) is 0 Å². The lowest BCUT2D eigenvalue weighted by atomic mass is 9.93. The predicted octanol–water partition coefficient (Wildman–Crippen LogP) is 4.57. The summed E-state index contributed by atoms with van der Waals surface area (Å²) in [5.74, 6) is 1.56. The number of hydrogen-bond donors (Lipinski definition) is 1. The summed E-state index contributed by atoms with van der Waals surface area (Å²) in [6.45, 7) is 1.46. The van der Waals surface area contributed by atoms with Crippen LogP contribution >= 0.6 is 0 Å². The topological polar surface area (TPSA) is 43.4 Å². The number of fused-ring (bicyclic) bond motifs is 1. The van der Waals surface area contributed by atoms with Crippen molar-refractivity contribution in [3.63, 3.8) is 0 Å². The van der Waals surface area contributed by atoms with Gasteiger partial charge in [0.15, 0.2) is 11.5 Å². The molecule has 4 rings (SSSR count). The number of ether oxygens (including phenoxy) is 2. The van der Waals surface area contributed by atoms with E-state index in [-0.39, 0.29) is 6.04 Å². The second kappa shape index (κ2) is 8.72. The van der Waals surface area contributed by atoms with E-state index >= 15 is 0 Å². The predicted molar refractivity (Wildman–Crippen MR) is 111 cm³/mol. The Bertz CT molecular complexity index is 940. The van der Waals surface area contributed by atoms with Crippen molar-refractivity contribution in [1.82, 2.24) is 10.3 Å². The van der Waals surface area contributed by atoms with E-state index in [1.54, 1.807) is 19.5 Å². The van der Waals surface area contributed by atoms with Crippen LogP contribution in [0.1, 0.15) is 28.3 Å². The molecule has 1 atom stereocenters. The van der Waals surface area contributed by atoms with Gasteiger partial charge in [0.05, 0.1) is 13.2 Å². The highest BCUT2D eigenvalue weighted by Crippen LogP contribution is 2.36. The number of pyridine rings is 1. The fourth-order valence-electron chi connectivity index (χ4n) is 3.46. The minimum Gasteiger partial charge on any atom is -0.493 e. The second-order valence-corrected chi connectivity index (χ2v) is 6.80. The first kappa shape index (κ1) is 18.3. The summed E-state index contributed by atoms with van der Waals surface area (Å²) in [7, 11) is 1.69. The van der Waals surface area contributed by atoms with Crippen molar-refractivity contribution >= 4 is 6.08 Å². The van der Waals surface area contributed by atoms with E-state index in [9.17, 15) is 0 Å². The molecule has 0 radical (unpaired) electrons. The molecule has 4 nitrogen and oxygen atoms in total. The summed E-state index contributed by atoms with van der Waals surface area (Å²) in [4.78, 5) is 4.07. The normalized spacial score (nSPS) is 16.0. The molecule has 0 bridgehead atoms. The average Bonchev–Trinajstić information content (AvgIpc) is 2.77. The summed E-state index contributed by atoms with van der Waals surface area (Å²) in [5.41, 5.74) is 4.81. The van der Waals surface area contributed by atoms with Crippen LogP contribution in [0.5, 0.6) is 11.5 Å². The molecule has 0 saturated heterocycles. The highest BCUT2D eigenvalue weighted by atomic mass is 16.5. The number of nitrogens with one attached hydrogen (secondary N) is 1. The van der Waals surface area contributed by atoms with Gasteiger partial charge in [-0.3, -0.25) is 4.98 Å². The number of hydrogen-bond acceptors (Lipinski definition) is 4. The molecule has 1 aromatic heterocycles. The smallest absolute Gasteiger partial charge is 0.161 e. The first-order valence-corrected chi connectivity index (χ1v) is 9.52. The highest BCUT2D eigenvalue weighted by Gasteiger charge is 2.21. The zero-order valence-corrected chi connectivity index (χ0v) is 16.0. The van der Waals surface area contributed by atoms with Gasteiger partial charge in [0.25, 0.3) is 0 Å². The Morgan fingerprint density at radius 2 is 1.89 bits per heavy atom. The van der Waals surface area contributed by atoms with E-state index in [0.29, 0.717) is 6.61 Å². The van der Waals surface area contributed by atoms with Crippen molar-refractivity contribution in [3.05, 3.63) is 95.3 Å². The molecular weight excluding hydrogens is 348 g/mol. The van der Waals surface area contributed by atoms with Gasteiger partial charge in [-0.1, -0.05) is 42.5 Å². The molecule has 1 aliphatic heterocycles. The first-order chi connectivity index (χ1) is 13.8. The van der Waals surface area contributed by atoms with Crippen molar-refractivity contribution in [2.24, 2.45) is 0 Å². The van der Waals surface area contributed by atoms with Crippen LogP contribution in [0.3, 0.4) is 0 Å². The van der Waals surface area contributed by atoms with E-state index in [1.807, 2.05) is 30.3 Å². The molecule has 0 fully saturated rings. The lowest BCUT2D eigenvalue weighted by Crippen LogP contribution is -2.28. The third kappa shape index (κ3) is 4.24. The summed E-state index contributed by atoms with van der Waals surface area (Å²) in [6.07, 6.45) is 8.90. The van der Waals surface area contributed by atoms with Crippen LogP contribution in [-0.4, -0.2) is 18.6 Å². The van der Waals surface area contributed by atoms with Crippen molar-refractivity contribution in [3.8, 4) is 11.5 Å². The third-order valence-corrected chi connectivity index (χ3v) is 4.94. The monoisotopic (exact) mass is 372 g/mol. The number of methoxy groups -OCH3 is 1. The standard InChI is InChI=1S/C24H24N2O2/c1-27-23-16-21-20(15-24(23)28-17-19-5-3-2-4-6-19)11-14-26-22(21)8-7-18-9-12-25-13-10-18/h2-10,12-13,15-16,22,26H,11,14,17H2,1H3/b8-7+. The Morgan fingerprint density at radius 1 is 1.07 bits per heavy atom. The molecule has 2 aromatic carbocycles. The number of benzene rings is 2. The molecule has 1 N–H and O–H groups in total. The Kier molecular flexibility index (Phi) is 5.69. The van der Waals surface area contributed by atoms with E-state index < -0.39 is 0 Å². The van der Waals surface area contributed by atoms with Crippen LogP contribution in [-0.2, 0) is 13.0 Å². The molecule has 1 aliphatic rings. The minimum atomic E-state index is 0.147. The zero-order valence-electron chi connectivity index (χ0n) is 16.0. The van der Waals surface area contributed by atoms with Crippen LogP contribution in [0, 0.1) is 0 Å². The molecule has 0 saturated carbocycles. The fourth-order valence-corrected chi connectivity index (χ4v) is 3.46. The molecule has 1 unspecified atom stereocenters. The second-order valence-electron chi connectivity index (χ2n) is 6.80. The molecular formula is C24H24N2O2. The van der Waals surface area contributed by atoms with Gasteiger partial charge < -0.3 is 14.8 Å². The van der Waals surface area contributed by atoms with E-state index in [0.717, 1.165) is 35.6 Å². The van der Waals surface area contributed by atoms with E-state index in [1.165, 1.54) is 11.1 Å². The molecule has 0 amide bonds. The maximum absolute atomic E-state index is 6.07. The van der Waals surface area contributed by atoms with Gasteiger partial charge in [-0.05, 0) is 52.9 Å². The Hall–Kier alpha value is -3.11. The van der Waals surface area contributed by atoms with Gasteiger partial charge in [0, 0.05) is 18.9 Å². The largest absolute Gasteiger partial charge is 0.493 e. The van der Waals surface area contributed by atoms with Crippen molar-refractivity contribution in [1.29, 1.82) is 0 Å². The van der Waals surface area contributed by atoms with Gasteiger partial charge in [-0.25, -0.2) is 0 Å². The minimum absolute atomic E-state index is 0.147. The van der Waals surface area contributed by atoms with E-state index in [4.69, 9.17) is 9.47 Å². The van der Waals surface area contributed by atoms with Crippen molar-refractivity contribution in [2.45, 2.75) is 19.1 Å². The average molecular weight is 372 g/mol. The van der Waals surface area contributed by atoms with Crippen LogP contribution in [0.15, 0.2) is 73.1 Å². The number of nitrogens with zero attached hydrogens (tertiary/aromatic N) is 1.